The summed E-state index contributed by atoms with van der Waals surface area (Å²) in [5.74, 6) is -1.02. The van der Waals surface area contributed by atoms with Gasteiger partial charge in [0, 0.05) is 6.07 Å². The topological polar surface area (TPSA) is 38.0 Å². The van der Waals surface area contributed by atoms with Gasteiger partial charge in [-0.3, -0.25) is 0 Å². The molecule has 2 aromatic rings. The Bertz CT molecular complexity index is 504. The predicted molar refractivity (Wildman–Crippen MR) is 65.2 cm³/mol. The van der Waals surface area contributed by atoms with Crippen molar-refractivity contribution < 1.29 is 8.78 Å². The number of hydrogen-bond acceptors (Lipinski definition) is 2. The summed E-state index contributed by atoms with van der Waals surface area (Å²) in [6.45, 7) is 1.90. The molecule has 2 nitrogen and oxygen atoms in total. The Labute approximate surface area is 98.1 Å². The fourth-order valence-corrected chi connectivity index (χ4v) is 1.52. The van der Waals surface area contributed by atoms with Crippen molar-refractivity contribution in [1.29, 1.82) is 0 Å². The summed E-state index contributed by atoms with van der Waals surface area (Å²) in [5.41, 5.74) is 7.85. The van der Waals surface area contributed by atoms with Crippen LogP contribution in [0.25, 0.3) is 0 Å². The van der Waals surface area contributed by atoms with Crippen molar-refractivity contribution in [3.63, 3.8) is 0 Å². The van der Waals surface area contributed by atoms with Crippen molar-refractivity contribution in [3.05, 3.63) is 53.6 Å². The summed E-state index contributed by atoms with van der Waals surface area (Å²) in [6, 6.07) is 8.58. The third kappa shape index (κ3) is 2.53. The number of nitrogens with two attached hydrogens (primary N) is 1. The van der Waals surface area contributed by atoms with Crippen LogP contribution in [0.1, 0.15) is 5.56 Å². The van der Waals surface area contributed by atoms with Gasteiger partial charge >= 0.3 is 0 Å². The zero-order valence-corrected chi connectivity index (χ0v) is 9.30. The van der Waals surface area contributed by atoms with E-state index >= 15 is 0 Å². The van der Waals surface area contributed by atoms with Crippen molar-refractivity contribution in [1.82, 2.24) is 0 Å². The number of hydrogen-bond donors (Lipinski definition) is 2. The molecule has 0 atom stereocenters. The molecule has 2 aromatic carbocycles. The van der Waals surface area contributed by atoms with Crippen LogP contribution >= 0.6 is 0 Å². The van der Waals surface area contributed by atoms with Crippen molar-refractivity contribution >= 4 is 17.1 Å². The van der Waals surface area contributed by atoms with Gasteiger partial charge in [-0.25, -0.2) is 8.78 Å². The molecule has 0 fully saturated rings. The molecule has 0 saturated carbocycles. The number of aryl methyl sites for hydroxylation is 1. The minimum atomic E-state index is -0.521. The van der Waals surface area contributed by atoms with Gasteiger partial charge in [0.2, 0.25) is 0 Å². The van der Waals surface area contributed by atoms with Crippen LogP contribution in [-0.4, -0.2) is 0 Å². The molecule has 0 saturated heterocycles. The Kier molecular flexibility index (Phi) is 2.95. The molecule has 0 unspecified atom stereocenters. The zero-order valence-electron chi connectivity index (χ0n) is 9.30. The molecule has 0 aliphatic carbocycles. The Morgan fingerprint density at radius 2 is 1.76 bits per heavy atom. The van der Waals surface area contributed by atoms with Crippen LogP contribution in [0.3, 0.4) is 0 Å². The van der Waals surface area contributed by atoms with Crippen LogP contribution in [0.5, 0.6) is 0 Å². The van der Waals surface area contributed by atoms with Gasteiger partial charge in [0.1, 0.15) is 11.6 Å². The van der Waals surface area contributed by atoms with E-state index in [0.717, 1.165) is 23.8 Å². The molecular weight excluding hydrogens is 222 g/mol. The Morgan fingerprint density at radius 1 is 1.00 bits per heavy atom. The Hall–Kier alpha value is -2.10. The van der Waals surface area contributed by atoms with Gasteiger partial charge in [0.25, 0.3) is 0 Å². The second-order valence-corrected chi connectivity index (χ2v) is 3.84. The lowest BCUT2D eigenvalue weighted by Gasteiger charge is -2.11. The van der Waals surface area contributed by atoms with Gasteiger partial charge in [0.05, 0.1) is 17.1 Å². The van der Waals surface area contributed by atoms with Gasteiger partial charge in [0.15, 0.2) is 0 Å². The standard InChI is InChI=1S/C13H12F2N2/c1-8-2-5-11(16)13(6-8)17-12-7-9(14)3-4-10(12)15/h2-7,17H,16H2,1H3. The minimum Gasteiger partial charge on any atom is -0.397 e. The molecular formula is C13H12F2N2. The fraction of sp³-hybridized carbons (Fsp3) is 0.0769. The quantitative estimate of drug-likeness (QED) is 0.779. The van der Waals surface area contributed by atoms with Crippen molar-refractivity contribution in [3.8, 4) is 0 Å². The first-order valence-electron chi connectivity index (χ1n) is 5.14. The van der Waals surface area contributed by atoms with E-state index in [2.05, 4.69) is 5.32 Å². The lowest BCUT2D eigenvalue weighted by molar-refractivity contribution is 0.603. The summed E-state index contributed by atoms with van der Waals surface area (Å²) < 4.78 is 26.4. The highest BCUT2D eigenvalue weighted by molar-refractivity contribution is 5.73. The van der Waals surface area contributed by atoms with E-state index in [4.69, 9.17) is 5.73 Å². The summed E-state index contributed by atoms with van der Waals surface area (Å²) in [7, 11) is 0. The van der Waals surface area contributed by atoms with E-state index in [-0.39, 0.29) is 5.69 Å². The first-order chi connectivity index (χ1) is 8.06. The van der Waals surface area contributed by atoms with Crippen LogP contribution in [0.2, 0.25) is 0 Å². The van der Waals surface area contributed by atoms with Gasteiger partial charge in [-0.05, 0) is 36.8 Å². The highest BCUT2D eigenvalue weighted by atomic mass is 19.1. The average molecular weight is 234 g/mol. The second-order valence-electron chi connectivity index (χ2n) is 3.84. The minimum absolute atomic E-state index is 0.0716. The average Bonchev–Trinajstić information content (AvgIpc) is 2.28. The van der Waals surface area contributed by atoms with E-state index in [9.17, 15) is 8.78 Å². The maximum atomic E-state index is 13.4. The van der Waals surface area contributed by atoms with Crippen LogP contribution in [-0.2, 0) is 0 Å². The molecule has 4 heteroatoms. The third-order valence-electron chi connectivity index (χ3n) is 2.41. The molecule has 0 radical (unpaired) electrons. The molecule has 3 N–H and O–H groups in total. The lowest BCUT2D eigenvalue weighted by Crippen LogP contribution is -1.99. The van der Waals surface area contributed by atoms with Crippen molar-refractivity contribution in [2.24, 2.45) is 0 Å². The Balaban J connectivity index is 2.37. The molecule has 2 rings (SSSR count). The van der Waals surface area contributed by atoms with Crippen LogP contribution in [0.15, 0.2) is 36.4 Å². The molecule has 0 bridgehead atoms. The predicted octanol–water partition coefficient (Wildman–Crippen LogP) is 3.60. The fourth-order valence-electron chi connectivity index (χ4n) is 1.52. The molecule has 0 amide bonds. The molecule has 0 heterocycles. The SMILES string of the molecule is Cc1ccc(N)c(Nc2cc(F)ccc2F)c1. The Morgan fingerprint density at radius 3 is 2.53 bits per heavy atom. The molecule has 0 spiro atoms. The van der Waals surface area contributed by atoms with Gasteiger partial charge in [-0.2, -0.15) is 0 Å². The molecule has 17 heavy (non-hydrogen) atoms. The number of rotatable bonds is 2. The summed E-state index contributed by atoms with van der Waals surface area (Å²) in [4.78, 5) is 0. The van der Waals surface area contributed by atoms with E-state index in [1.54, 1.807) is 12.1 Å². The van der Waals surface area contributed by atoms with Crippen LogP contribution < -0.4 is 11.1 Å². The van der Waals surface area contributed by atoms with E-state index in [1.165, 1.54) is 0 Å². The summed E-state index contributed by atoms with van der Waals surface area (Å²) in [6.07, 6.45) is 0. The summed E-state index contributed by atoms with van der Waals surface area (Å²) >= 11 is 0. The van der Waals surface area contributed by atoms with E-state index in [0.29, 0.717) is 11.4 Å². The van der Waals surface area contributed by atoms with Crippen molar-refractivity contribution in [2.75, 3.05) is 11.1 Å². The lowest BCUT2D eigenvalue weighted by atomic mass is 10.2. The van der Waals surface area contributed by atoms with E-state index in [1.807, 2.05) is 13.0 Å². The van der Waals surface area contributed by atoms with Crippen molar-refractivity contribution in [2.45, 2.75) is 6.92 Å². The first kappa shape index (κ1) is 11.4. The number of halogens is 2. The van der Waals surface area contributed by atoms with Crippen LogP contribution in [0, 0.1) is 18.6 Å². The summed E-state index contributed by atoms with van der Waals surface area (Å²) in [5, 5.41) is 2.78. The third-order valence-corrected chi connectivity index (χ3v) is 2.41. The van der Waals surface area contributed by atoms with Gasteiger partial charge in [-0.1, -0.05) is 6.07 Å². The normalized spacial score (nSPS) is 10.3. The first-order valence-corrected chi connectivity index (χ1v) is 5.14. The molecule has 0 aromatic heterocycles. The molecule has 0 aliphatic heterocycles. The molecule has 88 valence electrons. The number of anilines is 3. The number of benzene rings is 2. The number of nitrogens with one attached hydrogen (secondary N) is 1. The number of nitrogen functional groups attached to an aromatic ring is 1. The monoisotopic (exact) mass is 234 g/mol. The van der Waals surface area contributed by atoms with E-state index < -0.39 is 11.6 Å². The highest BCUT2D eigenvalue weighted by Gasteiger charge is 2.06. The largest absolute Gasteiger partial charge is 0.397 e. The maximum absolute atomic E-state index is 13.4. The second kappa shape index (κ2) is 4.41. The zero-order chi connectivity index (χ0) is 12.4. The van der Waals surface area contributed by atoms with Crippen LogP contribution in [0.4, 0.5) is 25.8 Å². The smallest absolute Gasteiger partial charge is 0.146 e. The molecule has 0 aliphatic rings. The van der Waals surface area contributed by atoms with Gasteiger partial charge in [-0.15, -0.1) is 0 Å². The van der Waals surface area contributed by atoms with Gasteiger partial charge < -0.3 is 11.1 Å². The maximum Gasteiger partial charge on any atom is 0.146 e. The highest BCUT2D eigenvalue weighted by Crippen LogP contribution is 2.26.